The van der Waals surface area contributed by atoms with Crippen LogP contribution < -0.4 is 9.64 Å². The molecule has 2 aliphatic heterocycles. The molecule has 4 aromatic rings. The molecular weight excluding hydrogens is 779 g/mol. The van der Waals surface area contributed by atoms with Crippen LogP contribution in [0.15, 0.2) is 48.0 Å². The van der Waals surface area contributed by atoms with Gasteiger partial charge in [0.25, 0.3) is 0 Å². The number of amides is 4. The molecule has 4 aliphatic rings. The van der Waals surface area contributed by atoms with E-state index in [1.54, 1.807) is 35.2 Å². The first-order valence-electron chi connectivity index (χ1n) is 16.0. The zero-order valence-corrected chi connectivity index (χ0v) is 31.0. The number of phenols is 1. The largest absolute Gasteiger partial charge is 0.504 e. The summed E-state index contributed by atoms with van der Waals surface area (Å²) in [4.78, 5) is 59.8. The van der Waals surface area contributed by atoms with E-state index in [-0.39, 0.29) is 41.5 Å². The third kappa shape index (κ3) is 4.38. The van der Waals surface area contributed by atoms with Crippen molar-refractivity contribution < 1.29 is 29.0 Å². The monoisotopic (exact) mass is 810 g/mol. The molecule has 13 heteroatoms. The molecule has 0 spiro atoms. The van der Waals surface area contributed by atoms with Gasteiger partial charge in [0.1, 0.15) is 11.5 Å². The summed E-state index contributed by atoms with van der Waals surface area (Å²) >= 11 is 9.90. The molecule has 2 saturated heterocycles. The van der Waals surface area contributed by atoms with Crippen molar-refractivity contribution in [3.8, 4) is 22.1 Å². The Kier molecular flexibility index (Phi) is 7.37. The molecule has 49 heavy (non-hydrogen) atoms. The minimum absolute atomic E-state index is 0.0199. The number of carbonyl (C=O) groups is 4. The molecule has 1 saturated carbocycles. The van der Waals surface area contributed by atoms with Gasteiger partial charge in [-0.05, 0) is 102 Å². The molecule has 10 nitrogen and oxygen atoms in total. The first-order valence-corrected chi connectivity index (χ1v) is 18.2. The predicted octanol–water partition coefficient (Wildman–Crippen LogP) is 6.44. The molecule has 8 rings (SSSR count). The number of aromatic nitrogens is 2. The standard InChI is InChI=1S/C36H32ClIN4O6S/c1-15-20-12-17(37)6-9-26(20)49-31(15)24-14-27(41(4)39-24)42-33(45)22-13-21-18(7-8-19-28(21)34(46)40(3)32(19)44)29(36(22,2)35(42)47)16-10-23(38)30(43)25(11-16)48-5/h6-7,9-12,14,19,21-22,28-29,43H,8,13H2,1-5H3. The summed E-state index contributed by atoms with van der Waals surface area (Å²) in [6, 6.07) is 11.1. The number of anilines is 1. The second-order valence-electron chi connectivity index (χ2n) is 13.7. The maximum Gasteiger partial charge on any atom is 0.242 e. The SMILES string of the molecule is COc1cc(C2C3=CCC4C(=O)N(C)C(=O)C4C3CC3C(=O)N(c4cc(-c5sc6ccc(Cl)cc6c5C)nn4C)C(=O)C32C)cc(I)c1O. The summed E-state index contributed by atoms with van der Waals surface area (Å²) in [5, 5.41) is 17.2. The van der Waals surface area contributed by atoms with Crippen molar-refractivity contribution >= 4 is 85.1 Å². The lowest BCUT2D eigenvalue weighted by molar-refractivity contribution is -0.138. The fourth-order valence-electron chi connectivity index (χ4n) is 8.90. The molecular formula is C36H32ClIN4O6S. The second kappa shape index (κ2) is 11.1. The van der Waals surface area contributed by atoms with Gasteiger partial charge in [0.2, 0.25) is 23.6 Å². The van der Waals surface area contributed by atoms with Gasteiger partial charge < -0.3 is 9.84 Å². The summed E-state index contributed by atoms with van der Waals surface area (Å²) in [7, 11) is 4.70. The summed E-state index contributed by atoms with van der Waals surface area (Å²) < 4.78 is 8.68. The third-order valence-electron chi connectivity index (χ3n) is 11.3. The van der Waals surface area contributed by atoms with Crippen molar-refractivity contribution in [2.45, 2.75) is 32.6 Å². The van der Waals surface area contributed by atoms with Crippen LogP contribution in [0, 0.1) is 39.6 Å². The van der Waals surface area contributed by atoms with Crippen LogP contribution in [0.1, 0.15) is 36.8 Å². The molecule has 0 radical (unpaired) electrons. The summed E-state index contributed by atoms with van der Waals surface area (Å²) in [5.41, 5.74) is 1.96. The number of carbonyl (C=O) groups excluding carboxylic acids is 4. The van der Waals surface area contributed by atoms with Crippen LogP contribution in [0.2, 0.25) is 5.02 Å². The Hall–Kier alpha value is -3.75. The van der Waals surface area contributed by atoms with Crippen molar-refractivity contribution in [3.63, 3.8) is 0 Å². The number of phenolic OH excluding ortho intramolecular Hbond substituents is 1. The minimum Gasteiger partial charge on any atom is -0.504 e. The zero-order valence-electron chi connectivity index (χ0n) is 27.3. The molecule has 4 amide bonds. The van der Waals surface area contributed by atoms with Gasteiger partial charge in [-0.2, -0.15) is 5.10 Å². The highest BCUT2D eigenvalue weighted by molar-refractivity contribution is 14.1. The molecule has 6 atom stereocenters. The first kappa shape index (κ1) is 32.5. The van der Waals surface area contributed by atoms with Crippen LogP contribution in [0.5, 0.6) is 11.5 Å². The van der Waals surface area contributed by atoms with Crippen LogP contribution in [0.3, 0.4) is 0 Å². The van der Waals surface area contributed by atoms with E-state index >= 15 is 0 Å². The number of hydrogen-bond donors (Lipinski definition) is 1. The van der Waals surface area contributed by atoms with E-state index in [2.05, 4.69) is 0 Å². The number of allylic oxidation sites excluding steroid dienone is 2. The fourth-order valence-corrected chi connectivity index (χ4v) is 10.8. The number of hydrogen-bond acceptors (Lipinski definition) is 8. The molecule has 3 fully saturated rings. The Morgan fingerprint density at radius 2 is 1.82 bits per heavy atom. The van der Waals surface area contributed by atoms with Crippen molar-refractivity contribution in [2.75, 3.05) is 19.1 Å². The number of rotatable bonds is 4. The van der Waals surface area contributed by atoms with Gasteiger partial charge in [0.05, 0.1) is 38.7 Å². The molecule has 1 N–H and O–H groups in total. The Labute approximate surface area is 304 Å². The Morgan fingerprint density at radius 3 is 2.55 bits per heavy atom. The van der Waals surface area contributed by atoms with E-state index in [1.165, 1.54) is 24.0 Å². The third-order valence-corrected chi connectivity index (χ3v) is 13.7. The number of imide groups is 2. The molecule has 2 aromatic carbocycles. The van der Waals surface area contributed by atoms with Gasteiger partial charge in [0, 0.05) is 35.8 Å². The molecule has 2 aliphatic carbocycles. The number of thiophene rings is 1. The maximum absolute atomic E-state index is 15.0. The van der Waals surface area contributed by atoms with Crippen LogP contribution in [0.4, 0.5) is 5.82 Å². The van der Waals surface area contributed by atoms with Crippen LogP contribution in [-0.2, 0) is 26.2 Å². The van der Waals surface area contributed by atoms with E-state index in [0.29, 0.717) is 32.1 Å². The van der Waals surface area contributed by atoms with Gasteiger partial charge >= 0.3 is 0 Å². The van der Waals surface area contributed by atoms with Crippen molar-refractivity contribution in [1.29, 1.82) is 0 Å². The number of nitrogens with zero attached hydrogens (tertiary/aromatic N) is 4. The van der Waals surface area contributed by atoms with E-state index in [1.807, 2.05) is 66.8 Å². The number of ether oxygens (including phenoxy) is 1. The highest BCUT2D eigenvalue weighted by atomic mass is 127. The quantitative estimate of drug-likeness (QED) is 0.143. The van der Waals surface area contributed by atoms with Gasteiger partial charge in [0.15, 0.2) is 11.5 Å². The Balaban J connectivity index is 1.28. The van der Waals surface area contributed by atoms with Crippen molar-refractivity contribution in [2.24, 2.45) is 36.1 Å². The molecule has 0 bridgehead atoms. The smallest absolute Gasteiger partial charge is 0.242 e. The van der Waals surface area contributed by atoms with Crippen molar-refractivity contribution in [3.05, 3.63) is 67.8 Å². The Bertz CT molecular complexity index is 2210. The lowest BCUT2D eigenvalue weighted by atomic mass is 9.51. The van der Waals surface area contributed by atoms with E-state index in [0.717, 1.165) is 26.1 Å². The lowest BCUT2D eigenvalue weighted by Gasteiger charge is -2.49. The lowest BCUT2D eigenvalue weighted by Crippen LogP contribution is -2.48. The van der Waals surface area contributed by atoms with E-state index < -0.39 is 35.0 Å². The average Bonchev–Trinajstić information content (AvgIpc) is 3.73. The number of methoxy groups -OCH3 is 1. The van der Waals surface area contributed by atoms with Crippen LogP contribution in [-0.4, -0.2) is 57.6 Å². The average molecular weight is 811 g/mol. The zero-order chi connectivity index (χ0) is 34.8. The first-order chi connectivity index (χ1) is 23.3. The van der Waals surface area contributed by atoms with Crippen LogP contribution >= 0.6 is 45.5 Å². The Morgan fingerprint density at radius 1 is 1.06 bits per heavy atom. The summed E-state index contributed by atoms with van der Waals surface area (Å²) in [6.45, 7) is 3.84. The van der Waals surface area contributed by atoms with E-state index in [4.69, 9.17) is 21.4 Å². The number of likely N-dealkylation sites (tertiary alicyclic amines) is 1. The molecule has 252 valence electrons. The fraction of sp³-hybridized carbons (Fsp3) is 0.361. The molecule has 6 unspecified atom stereocenters. The molecule has 2 aromatic heterocycles. The van der Waals surface area contributed by atoms with Gasteiger partial charge in [-0.1, -0.05) is 23.3 Å². The normalized spacial score (nSPS) is 27.9. The molecule has 4 heterocycles. The maximum atomic E-state index is 15.0. The van der Waals surface area contributed by atoms with Gasteiger partial charge in [-0.3, -0.25) is 28.8 Å². The highest BCUT2D eigenvalue weighted by Gasteiger charge is 2.67. The van der Waals surface area contributed by atoms with Crippen LogP contribution in [0.25, 0.3) is 20.7 Å². The second-order valence-corrected chi connectivity index (χ2v) is 16.3. The minimum atomic E-state index is -1.25. The number of fused-ring (bicyclic) bond motifs is 5. The number of aryl methyl sites for hydroxylation is 2. The topological polar surface area (TPSA) is 122 Å². The number of benzene rings is 2. The van der Waals surface area contributed by atoms with Crippen molar-refractivity contribution in [1.82, 2.24) is 14.7 Å². The van der Waals surface area contributed by atoms with Gasteiger partial charge in [-0.25, -0.2) is 4.90 Å². The predicted molar refractivity (Wildman–Crippen MR) is 194 cm³/mol. The van der Waals surface area contributed by atoms with E-state index in [9.17, 15) is 24.3 Å². The number of aromatic hydroxyl groups is 1. The highest BCUT2D eigenvalue weighted by Crippen LogP contribution is 2.64. The summed E-state index contributed by atoms with van der Waals surface area (Å²) in [6.07, 6.45) is 2.63. The summed E-state index contributed by atoms with van der Waals surface area (Å²) in [5.74, 6) is -3.58. The van der Waals surface area contributed by atoms with Gasteiger partial charge in [-0.15, -0.1) is 11.3 Å². The number of halogens is 2.